The largest absolute Gasteiger partial charge is 0.497 e. The Morgan fingerprint density at radius 2 is 2.05 bits per heavy atom. The predicted octanol–water partition coefficient (Wildman–Crippen LogP) is 1.31. The molecule has 2 rings (SSSR count). The Kier molecular flexibility index (Phi) is 4.59. The van der Waals surface area contributed by atoms with Crippen molar-refractivity contribution >= 4 is 11.9 Å². The third-order valence-electron chi connectivity index (χ3n) is 3.68. The van der Waals surface area contributed by atoms with Gasteiger partial charge in [-0.1, -0.05) is 6.07 Å². The van der Waals surface area contributed by atoms with Crippen LogP contribution in [0.3, 0.4) is 0 Å². The van der Waals surface area contributed by atoms with Crippen molar-refractivity contribution in [1.82, 2.24) is 5.32 Å². The molecule has 6 nitrogen and oxygen atoms in total. The van der Waals surface area contributed by atoms with Gasteiger partial charge in [0.25, 0.3) is 0 Å². The highest BCUT2D eigenvalue weighted by atomic mass is 16.5. The number of hydrogen-bond acceptors (Lipinski definition) is 5. The van der Waals surface area contributed by atoms with Gasteiger partial charge in [-0.05, 0) is 31.9 Å². The fourth-order valence-corrected chi connectivity index (χ4v) is 2.36. The highest BCUT2D eigenvalue weighted by Gasteiger charge is 2.34. The van der Waals surface area contributed by atoms with E-state index in [0.29, 0.717) is 12.2 Å². The van der Waals surface area contributed by atoms with Crippen LogP contribution in [0.2, 0.25) is 0 Å². The summed E-state index contributed by atoms with van der Waals surface area (Å²) in [6, 6.07) is 5.53. The van der Waals surface area contributed by atoms with E-state index in [0.717, 1.165) is 11.3 Å². The summed E-state index contributed by atoms with van der Waals surface area (Å²) in [7, 11) is 2.89. The van der Waals surface area contributed by atoms with E-state index in [1.807, 2.05) is 18.2 Å². The lowest BCUT2D eigenvalue weighted by atomic mass is 9.94. The first-order chi connectivity index (χ1) is 10.4. The van der Waals surface area contributed by atoms with Gasteiger partial charge in [0.15, 0.2) is 0 Å². The summed E-state index contributed by atoms with van der Waals surface area (Å²) in [5.74, 6) is 0.397. The first kappa shape index (κ1) is 16.1. The summed E-state index contributed by atoms with van der Waals surface area (Å²) in [6.45, 7) is 3.49. The number of esters is 1. The molecule has 22 heavy (non-hydrogen) atoms. The van der Waals surface area contributed by atoms with E-state index in [4.69, 9.17) is 9.47 Å². The molecule has 1 heterocycles. The van der Waals surface area contributed by atoms with E-state index in [1.165, 1.54) is 7.11 Å². The molecule has 0 saturated carbocycles. The number of amides is 1. The summed E-state index contributed by atoms with van der Waals surface area (Å²) >= 11 is 0. The molecular weight excluding hydrogens is 286 g/mol. The van der Waals surface area contributed by atoms with Crippen LogP contribution in [0.25, 0.3) is 0 Å². The lowest BCUT2D eigenvalue weighted by molar-refractivity contribution is -0.150. The standard InChI is InChI=1S/C16H21NO5/c1-16(2,15(19)21-4)17-14(18)11-7-10-5-6-12(20-3)8-13(10)22-9-11/h5-6,8,11H,7,9H2,1-4H3,(H,17,18)/t11-/m1/s1. The van der Waals surface area contributed by atoms with Crippen LogP contribution in [-0.4, -0.2) is 38.2 Å². The highest BCUT2D eigenvalue weighted by molar-refractivity contribution is 5.88. The number of carbonyl (C=O) groups is 2. The van der Waals surface area contributed by atoms with Gasteiger partial charge < -0.3 is 19.5 Å². The van der Waals surface area contributed by atoms with Gasteiger partial charge in [0.2, 0.25) is 5.91 Å². The minimum Gasteiger partial charge on any atom is -0.497 e. The summed E-state index contributed by atoms with van der Waals surface area (Å²) in [5, 5.41) is 2.71. The van der Waals surface area contributed by atoms with Crippen molar-refractivity contribution < 1.29 is 23.8 Å². The lowest BCUT2D eigenvalue weighted by Gasteiger charge is -2.29. The highest BCUT2D eigenvalue weighted by Crippen LogP contribution is 2.31. The number of carbonyl (C=O) groups excluding carboxylic acids is 2. The van der Waals surface area contributed by atoms with E-state index < -0.39 is 11.5 Å². The van der Waals surface area contributed by atoms with Gasteiger partial charge in [0.05, 0.1) is 20.1 Å². The molecule has 0 radical (unpaired) electrons. The minimum atomic E-state index is -1.06. The van der Waals surface area contributed by atoms with E-state index >= 15 is 0 Å². The fraction of sp³-hybridized carbons (Fsp3) is 0.500. The van der Waals surface area contributed by atoms with E-state index in [-0.39, 0.29) is 18.4 Å². The van der Waals surface area contributed by atoms with Gasteiger partial charge in [-0.25, -0.2) is 4.79 Å². The molecule has 0 aliphatic carbocycles. The topological polar surface area (TPSA) is 73.9 Å². The SMILES string of the molecule is COC(=O)C(C)(C)NC(=O)[C@H]1COc2cc(OC)ccc2C1. The molecule has 1 N–H and O–H groups in total. The Hall–Kier alpha value is -2.24. The molecule has 6 heteroatoms. The second kappa shape index (κ2) is 6.25. The zero-order chi connectivity index (χ0) is 16.3. The Bertz CT molecular complexity index is 582. The maximum Gasteiger partial charge on any atom is 0.330 e. The van der Waals surface area contributed by atoms with Crippen LogP contribution in [-0.2, 0) is 20.7 Å². The molecule has 1 atom stereocenters. The van der Waals surface area contributed by atoms with Crippen LogP contribution < -0.4 is 14.8 Å². The average Bonchev–Trinajstić information content (AvgIpc) is 2.52. The fourth-order valence-electron chi connectivity index (χ4n) is 2.36. The van der Waals surface area contributed by atoms with Crippen molar-refractivity contribution in [2.75, 3.05) is 20.8 Å². The number of hydrogen-bond donors (Lipinski definition) is 1. The van der Waals surface area contributed by atoms with Crippen molar-refractivity contribution in [3.8, 4) is 11.5 Å². The molecule has 0 saturated heterocycles. The molecule has 0 unspecified atom stereocenters. The summed E-state index contributed by atoms with van der Waals surface area (Å²) in [6.07, 6.45) is 0.558. The zero-order valence-electron chi connectivity index (χ0n) is 13.3. The number of rotatable bonds is 4. The number of methoxy groups -OCH3 is 2. The van der Waals surface area contributed by atoms with Crippen LogP contribution in [0.4, 0.5) is 0 Å². The van der Waals surface area contributed by atoms with Gasteiger partial charge in [-0.2, -0.15) is 0 Å². The molecule has 1 aliphatic rings. The molecule has 1 aromatic carbocycles. The number of nitrogens with one attached hydrogen (secondary N) is 1. The molecular formula is C16H21NO5. The van der Waals surface area contributed by atoms with Crippen LogP contribution >= 0.6 is 0 Å². The molecule has 0 fully saturated rings. The van der Waals surface area contributed by atoms with Crippen molar-refractivity contribution in [1.29, 1.82) is 0 Å². The second-order valence-corrected chi connectivity index (χ2v) is 5.79. The van der Waals surface area contributed by atoms with Crippen molar-refractivity contribution in [2.24, 2.45) is 5.92 Å². The number of fused-ring (bicyclic) bond motifs is 1. The van der Waals surface area contributed by atoms with E-state index in [1.54, 1.807) is 21.0 Å². The summed E-state index contributed by atoms with van der Waals surface area (Å²) in [4.78, 5) is 24.0. The van der Waals surface area contributed by atoms with Crippen LogP contribution in [0.5, 0.6) is 11.5 Å². The number of ether oxygens (including phenoxy) is 3. The van der Waals surface area contributed by atoms with Gasteiger partial charge in [0.1, 0.15) is 23.6 Å². The van der Waals surface area contributed by atoms with Crippen LogP contribution in [0.15, 0.2) is 18.2 Å². The first-order valence-corrected chi connectivity index (χ1v) is 7.07. The Morgan fingerprint density at radius 1 is 1.32 bits per heavy atom. The van der Waals surface area contributed by atoms with Gasteiger partial charge in [0, 0.05) is 6.07 Å². The molecule has 0 aromatic heterocycles. The second-order valence-electron chi connectivity index (χ2n) is 5.79. The van der Waals surface area contributed by atoms with Crippen molar-refractivity contribution in [3.63, 3.8) is 0 Å². The lowest BCUT2D eigenvalue weighted by Crippen LogP contribution is -2.53. The van der Waals surface area contributed by atoms with Gasteiger partial charge >= 0.3 is 5.97 Å². The minimum absolute atomic E-state index is 0.225. The molecule has 120 valence electrons. The smallest absolute Gasteiger partial charge is 0.330 e. The quantitative estimate of drug-likeness (QED) is 0.849. The maximum absolute atomic E-state index is 12.3. The number of benzene rings is 1. The van der Waals surface area contributed by atoms with Crippen LogP contribution in [0, 0.1) is 5.92 Å². The van der Waals surface area contributed by atoms with Gasteiger partial charge in [-0.15, -0.1) is 0 Å². The maximum atomic E-state index is 12.3. The van der Waals surface area contributed by atoms with E-state index in [2.05, 4.69) is 10.1 Å². The summed E-state index contributed by atoms with van der Waals surface area (Å²) in [5.41, 5.74) is -0.116. The average molecular weight is 307 g/mol. The van der Waals surface area contributed by atoms with E-state index in [9.17, 15) is 9.59 Å². The Labute approximate surface area is 129 Å². The molecule has 0 bridgehead atoms. The molecule has 1 amide bonds. The monoisotopic (exact) mass is 307 g/mol. The zero-order valence-corrected chi connectivity index (χ0v) is 13.3. The third kappa shape index (κ3) is 3.32. The Morgan fingerprint density at radius 3 is 2.68 bits per heavy atom. The first-order valence-electron chi connectivity index (χ1n) is 7.07. The Balaban J connectivity index is 2.06. The third-order valence-corrected chi connectivity index (χ3v) is 3.68. The predicted molar refractivity (Wildman–Crippen MR) is 79.9 cm³/mol. The van der Waals surface area contributed by atoms with Crippen molar-refractivity contribution in [3.05, 3.63) is 23.8 Å². The normalized spacial score (nSPS) is 17.0. The van der Waals surface area contributed by atoms with Crippen molar-refractivity contribution in [2.45, 2.75) is 25.8 Å². The van der Waals surface area contributed by atoms with Crippen LogP contribution in [0.1, 0.15) is 19.4 Å². The molecule has 1 aromatic rings. The molecule has 0 spiro atoms. The summed E-state index contributed by atoms with van der Waals surface area (Å²) < 4.78 is 15.5. The molecule has 1 aliphatic heterocycles. The van der Waals surface area contributed by atoms with Gasteiger partial charge in [-0.3, -0.25) is 4.79 Å².